The number of hydrogen-bond acceptors (Lipinski definition) is 5. The molecule has 1 atom stereocenters. The van der Waals surface area contributed by atoms with Crippen LogP contribution >= 0.6 is 11.3 Å². The molecule has 4 amide bonds. The van der Waals surface area contributed by atoms with Gasteiger partial charge in [0.25, 0.3) is 5.91 Å². The Balaban J connectivity index is 1.49. The molecule has 0 unspecified atom stereocenters. The van der Waals surface area contributed by atoms with E-state index >= 15 is 0 Å². The number of rotatable bonds is 4. The SMILES string of the molecule is C[C@@H](C(=O)Nc1scnc1C1CC1)N1C(=O)NC2(CCCC2)C1=O. The van der Waals surface area contributed by atoms with E-state index in [1.165, 1.54) is 11.3 Å². The van der Waals surface area contributed by atoms with E-state index in [1.54, 1.807) is 12.4 Å². The monoisotopic (exact) mass is 348 g/mol. The Morgan fingerprint density at radius 3 is 2.79 bits per heavy atom. The van der Waals surface area contributed by atoms with E-state index in [2.05, 4.69) is 15.6 Å². The van der Waals surface area contributed by atoms with Crippen molar-refractivity contribution in [1.82, 2.24) is 15.2 Å². The number of carbonyl (C=O) groups is 3. The summed E-state index contributed by atoms with van der Waals surface area (Å²) < 4.78 is 0. The van der Waals surface area contributed by atoms with Crippen molar-refractivity contribution in [3.63, 3.8) is 0 Å². The summed E-state index contributed by atoms with van der Waals surface area (Å²) in [5.74, 6) is -0.181. The minimum Gasteiger partial charge on any atom is -0.323 e. The lowest BCUT2D eigenvalue weighted by Crippen LogP contribution is -2.48. The van der Waals surface area contributed by atoms with Gasteiger partial charge in [0.05, 0.1) is 11.2 Å². The third kappa shape index (κ3) is 2.40. The van der Waals surface area contributed by atoms with Gasteiger partial charge >= 0.3 is 6.03 Å². The molecule has 2 heterocycles. The Hall–Kier alpha value is -1.96. The zero-order valence-electron chi connectivity index (χ0n) is 13.5. The average Bonchev–Trinajstić information content (AvgIpc) is 3.01. The van der Waals surface area contributed by atoms with Crippen molar-refractivity contribution in [2.24, 2.45) is 0 Å². The maximum absolute atomic E-state index is 12.7. The van der Waals surface area contributed by atoms with Crippen molar-refractivity contribution >= 4 is 34.2 Å². The fourth-order valence-electron chi connectivity index (χ4n) is 3.64. The van der Waals surface area contributed by atoms with Crippen LogP contribution in [0.4, 0.5) is 9.80 Å². The lowest BCUT2D eigenvalue weighted by Gasteiger charge is -2.23. The minimum atomic E-state index is -0.841. The summed E-state index contributed by atoms with van der Waals surface area (Å²) in [6.45, 7) is 1.60. The quantitative estimate of drug-likeness (QED) is 0.816. The Labute approximate surface area is 143 Å². The number of imide groups is 1. The standard InChI is InChI=1S/C16H20N4O3S/c1-9(12(21)18-13-11(10-4-5-10)17-8-24-13)20-14(22)16(19-15(20)23)6-2-3-7-16/h8-10H,2-7H2,1H3,(H,18,21)(H,19,23)/t9-/m0/s1. The van der Waals surface area contributed by atoms with Gasteiger partial charge in [-0.1, -0.05) is 12.8 Å². The van der Waals surface area contributed by atoms with Crippen LogP contribution in [0.5, 0.6) is 0 Å². The van der Waals surface area contributed by atoms with Crippen LogP contribution in [0.3, 0.4) is 0 Å². The molecule has 3 aliphatic rings. The first-order chi connectivity index (χ1) is 11.5. The number of aromatic nitrogens is 1. The predicted octanol–water partition coefficient (Wildman–Crippen LogP) is 2.21. The fraction of sp³-hybridized carbons (Fsp3) is 0.625. The van der Waals surface area contributed by atoms with E-state index in [9.17, 15) is 14.4 Å². The molecule has 2 aliphatic carbocycles. The number of amides is 4. The van der Waals surface area contributed by atoms with Gasteiger partial charge in [0.2, 0.25) is 5.91 Å². The minimum absolute atomic E-state index is 0.264. The van der Waals surface area contributed by atoms with Crippen LogP contribution in [0.25, 0.3) is 0 Å². The van der Waals surface area contributed by atoms with Crippen LogP contribution in [0.15, 0.2) is 5.51 Å². The molecule has 0 bridgehead atoms. The average molecular weight is 348 g/mol. The highest BCUT2D eigenvalue weighted by molar-refractivity contribution is 7.14. The lowest BCUT2D eigenvalue weighted by molar-refractivity contribution is -0.136. The molecule has 3 fully saturated rings. The second-order valence-corrected chi connectivity index (χ2v) is 7.76. The zero-order chi connectivity index (χ0) is 16.9. The van der Waals surface area contributed by atoms with Gasteiger partial charge in [0.15, 0.2) is 0 Å². The molecule has 7 nitrogen and oxygen atoms in total. The molecule has 1 aromatic rings. The van der Waals surface area contributed by atoms with Crippen molar-refractivity contribution in [2.75, 3.05) is 5.32 Å². The number of carbonyl (C=O) groups excluding carboxylic acids is 3. The molecule has 24 heavy (non-hydrogen) atoms. The summed E-state index contributed by atoms with van der Waals surface area (Å²) >= 11 is 1.38. The summed E-state index contributed by atoms with van der Waals surface area (Å²) in [7, 11) is 0. The molecule has 1 saturated heterocycles. The first kappa shape index (κ1) is 15.6. The van der Waals surface area contributed by atoms with Crippen LogP contribution in [-0.2, 0) is 9.59 Å². The molecule has 2 saturated carbocycles. The Morgan fingerprint density at radius 1 is 1.42 bits per heavy atom. The van der Waals surface area contributed by atoms with Crippen molar-refractivity contribution in [2.45, 2.75) is 62.9 Å². The predicted molar refractivity (Wildman–Crippen MR) is 88.8 cm³/mol. The van der Waals surface area contributed by atoms with Crippen LogP contribution in [-0.4, -0.2) is 39.3 Å². The smallest absolute Gasteiger partial charge is 0.323 e. The summed E-state index contributed by atoms with van der Waals surface area (Å²) in [6.07, 6.45) is 5.35. The number of hydrogen-bond donors (Lipinski definition) is 2. The molecule has 1 aliphatic heterocycles. The molecular weight excluding hydrogens is 328 g/mol. The van der Waals surface area contributed by atoms with Crippen LogP contribution in [0.1, 0.15) is 57.1 Å². The molecule has 0 radical (unpaired) electrons. The van der Waals surface area contributed by atoms with Crippen LogP contribution < -0.4 is 10.6 Å². The molecular formula is C16H20N4O3S. The molecule has 4 rings (SSSR count). The van der Waals surface area contributed by atoms with Crippen molar-refractivity contribution in [3.05, 3.63) is 11.2 Å². The third-order valence-electron chi connectivity index (χ3n) is 5.21. The lowest BCUT2D eigenvalue weighted by atomic mass is 9.97. The maximum Gasteiger partial charge on any atom is 0.325 e. The normalized spacial score (nSPS) is 23.6. The maximum atomic E-state index is 12.7. The molecule has 0 aromatic carbocycles. The van der Waals surface area contributed by atoms with Gasteiger partial charge in [-0.3, -0.25) is 9.59 Å². The highest BCUT2D eigenvalue weighted by Gasteiger charge is 2.54. The fourth-order valence-corrected chi connectivity index (χ4v) is 4.41. The number of thiazole rings is 1. The van der Waals surface area contributed by atoms with Crippen molar-refractivity contribution in [1.29, 1.82) is 0 Å². The van der Waals surface area contributed by atoms with E-state index in [0.29, 0.717) is 18.8 Å². The van der Waals surface area contributed by atoms with Crippen LogP contribution in [0.2, 0.25) is 0 Å². The van der Waals surface area contributed by atoms with Gasteiger partial charge in [-0.2, -0.15) is 0 Å². The van der Waals surface area contributed by atoms with E-state index < -0.39 is 17.6 Å². The number of nitrogens with one attached hydrogen (secondary N) is 2. The first-order valence-electron chi connectivity index (χ1n) is 8.42. The van der Waals surface area contributed by atoms with Gasteiger partial charge in [-0.15, -0.1) is 11.3 Å². The van der Waals surface area contributed by atoms with E-state index in [1.807, 2.05) is 0 Å². The Bertz CT molecular complexity index is 706. The van der Waals surface area contributed by atoms with Gasteiger partial charge in [0.1, 0.15) is 16.6 Å². The third-order valence-corrected chi connectivity index (χ3v) is 5.97. The highest BCUT2D eigenvalue weighted by atomic mass is 32.1. The molecule has 8 heteroatoms. The second-order valence-electron chi connectivity index (χ2n) is 6.90. The van der Waals surface area contributed by atoms with Crippen molar-refractivity contribution in [3.8, 4) is 0 Å². The van der Waals surface area contributed by atoms with Crippen LogP contribution in [0, 0.1) is 0 Å². The summed E-state index contributed by atoms with van der Waals surface area (Å²) in [5, 5.41) is 6.40. The van der Waals surface area contributed by atoms with Gasteiger partial charge in [-0.05, 0) is 32.6 Å². The summed E-state index contributed by atoms with van der Waals surface area (Å²) in [4.78, 5) is 43.0. The largest absolute Gasteiger partial charge is 0.325 e. The van der Waals surface area contributed by atoms with E-state index in [4.69, 9.17) is 0 Å². The zero-order valence-corrected chi connectivity index (χ0v) is 14.3. The first-order valence-corrected chi connectivity index (χ1v) is 9.30. The Kier molecular flexibility index (Phi) is 3.59. The summed E-state index contributed by atoms with van der Waals surface area (Å²) in [5.41, 5.74) is 1.86. The topological polar surface area (TPSA) is 91.4 Å². The van der Waals surface area contributed by atoms with Gasteiger partial charge < -0.3 is 10.6 Å². The molecule has 128 valence electrons. The summed E-state index contributed by atoms with van der Waals surface area (Å²) in [6, 6.07) is -1.30. The molecule has 2 N–H and O–H groups in total. The van der Waals surface area contributed by atoms with E-state index in [-0.39, 0.29) is 11.8 Å². The molecule has 1 aromatic heterocycles. The number of anilines is 1. The molecule has 1 spiro atoms. The Morgan fingerprint density at radius 2 is 2.12 bits per heavy atom. The number of nitrogens with zero attached hydrogens (tertiary/aromatic N) is 2. The van der Waals surface area contributed by atoms with Crippen molar-refractivity contribution < 1.29 is 14.4 Å². The second kappa shape index (κ2) is 5.54. The highest BCUT2D eigenvalue weighted by Crippen LogP contribution is 2.44. The van der Waals surface area contributed by atoms with Gasteiger partial charge in [0, 0.05) is 5.92 Å². The number of urea groups is 1. The van der Waals surface area contributed by atoms with E-state index in [0.717, 1.165) is 41.3 Å². The van der Waals surface area contributed by atoms with Gasteiger partial charge in [-0.25, -0.2) is 14.7 Å².